The fraction of sp³-hybridized carbons (Fsp3) is 0.600. The zero-order valence-electron chi connectivity index (χ0n) is 8.17. The van der Waals surface area contributed by atoms with Crippen LogP contribution in [0.1, 0.15) is 36.9 Å². The molecule has 0 fully saturated rings. The van der Waals surface area contributed by atoms with Gasteiger partial charge >= 0.3 is 0 Å². The highest BCUT2D eigenvalue weighted by Gasteiger charge is 2.03. The average Bonchev–Trinajstić information content (AvgIpc) is 2.49. The molecule has 0 saturated carbocycles. The van der Waals surface area contributed by atoms with Gasteiger partial charge in [-0.25, -0.2) is 4.98 Å². The van der Waals surface area contributed by atoms with Crippen LogP contribution in [0.4, 0.5) is 0 Å². The van der Waals surface area contributed by atoms with Crippen molar-refractivity contribution in [3.8, 4) is 0 Å². The molecule has 0 unspecified atom stereocenters. The molecule has 0 bridgehead atoms. The first-order valence-electron chi connectivity index (χ1n) is 4.65. The molecule has 0 aromatic carbocycles. The fourth-order valence-electron chi connectivity index (χ4n) is 1.19. The van der Waals surface area contributed by atoms with Gasteiger partial charge in [-0.1, -0.05) is 6.92 Å². The number of ketones is 1. The van der Waals surface area contributed by atoms with Gasteiger partial charge in [-0.15, -0.1) is 11.3 Å². The van der Waals surface area contributed by atoms with E-state index in [1.807, 2.05) is 19.2 Å². The van der Waals surface area contributed by atoms with Crippen LogP contribution in [0.2, 0.25) is 0 Å². The Labute approximate surface area is 83.0 Å². The van der Waals surface area contributed by atoms with E-state index in [1.54, 1.807) is 11.3 Å². The molecule has 0 N–H and O–H groups in total. The quantitative estimate of drug-likeness (QED) is 0.726. The number of thiazole rings is 1. The molecule has 0 saturated heterocycles. The number of rotatable bonds is 5. The lowest BCUT2D eigenvalue weighted by Gasteiger charge is -1.95. The van der Waals surface area contributed by atoms with Gasteiger partial charge in [0.2, 0.25) is 0 Å². The number of carbonyl (C=O) groups excluding carboxylic acids is 1. The van der Waals surface area contributed by atoms with Crippen molar-refractivity contribution in [3.05, 3.63) is 16.1 Å². The molecular formula is C10H15NOS. The van der Waals surface area contributed by atoms with Crippen LogP contribution in [0.25, 0.3) is 0 Å². The molecule has 0 atom stereocenters. The van der Waals surface area contributed by atoms with E-state index in [4.69, 9.17) is 0 Å². The molecule has 1 aromatic heterocycles. The summed E-state index contributed by atoms with van der Waals surface area (Å²) in [5, 5.41) is 3.12. The number of hydrogen-bond donors (Lipinski definition) is 0. The number of Topliss-reactive ketones (excluding diaryl/α,β-unsaturated/α-hetero) is 1. The van der Waals surface area contributed by atoms with Crippen molar-refractivity contribution >= 4 is 17.1 Å². The minimum atomic E-state index is 0.355. The topological polar surface area (TPSA) is 30.0 Å². The van der Waals surface area contributed by atoms with E-state index in [9.17, 15) is 4.79 Å². The highest BCUT2D eigenvalue weighted by Crippen LogP contribution is 2.10. The van der Waals surface area contributed by atoms with Crippen LogP contribution < -0.4 is 0 Å². The molecule has 0 radical (unpaired) electrons. The van der Waals surface area contributed by atoms with E-state index in [2.05, 4.69) is 4.98 Å². The van der Waals surface area contributed by atoms with Crippen LogP contribution in [-0.4, -0.2) is 10.8 Å². The van der Waals surface area contributed by atoms with E-state index >= 15 is 0 Å². The lowest BCUT2D eigenvalue weighted by atomic mass is 10.1. The third kappa shape index (κ3) is 3.68. The minimum absolute atomic E-state index is 0.355. The van der Waals surface area contributed by atoms with Gasteiger partial charge in [0.15, 0.2) is 0 Å². The molecule has 13 heavy (non-hydrogen) atoms. The second kappa shape index (κ2) is 5.12. The van der Waals surface area contributed by atoms with Gasteiger partial charge in [-0.3, -0.25) is 4.79 Å². The molecule has 0 aliphatic carbocycles. The summed E-state index contributed by atoms with van der Waals surface area (Å²) in [4.78, 5) is 15.5. The zero-order chi connectivity index (χ0) is 9.68. The second-order valence-corrected chi connectivity index (χ2v) is 4.21. The Bertz CT molecular complexity index is 280. The molecule has 0 amide bonds. The Kier molecular flexibility index (Phi) is 4.09. The van der Waals surface area contributed by atoms with Crippen LogP contribution in [0, 0.1) is 6.92 Å². The molecule has 0 spiro atoms. The normalized spacial score (nSPS) is 10.3. The number of aromatic nitrogens is 1. The molecule has 0 aliphatic heterocycles. The number of hydrogen-bond acceptors (Lipinski definition) is 3. The molecule has 2 nitrogen and oxygen atoms in total. The van der Waals surface area contributed by atoms with Crippen molar-refractivity contribution in [1.82, 2.24) is 4.98 Å². The monoisotopic (exact) mass is 197 g/mol. The van der Waals surface area contributed by atoms with Crippen molar-refractivity contribution in [2.24, 2.45) is 0 Å². The van der Waals surface area contributed by atoms with Crippen LogP contribution in [0.5, 0.6) is 0 Å². The van der Waals surface area contributed by atoms with Crippen LogP contribution >= 0.6 is 11.3 Å². The highest BCUT2D eigenvalue weighted by molar-refractivity contribution is 7.09. The molecule has 1 aromatic rings. The fourth-order valence-corrected chi connectivity index (χ4v) is 1.84. The largest absolute Gasteiger partial charge is 0.300 e. The summed E-state index contributed by atoms with van der Waals surface area (Å²) < 4.78 is 0. The third-order valence-corrected chi connectivity index (χ3v) is 2.68. The van der Waals surface area contributed by atoms with E-state index in [1.165, 1.54) is 0 Å². The van der Waals surface area contributed by atoms with Crippen LogP contribution in [0.3, 0.4) is 0 Å². The zero-order valence-corrected chi connectivity index (χ0v) is 8.99. The van der Waals surface area contributed by atoms with Crippen molar-refractivity contribution in [1.29, 1.82) is 0 Å². The Morgan fingerprint density at radius 1 is 1.54 bits per heavy atom. The lowest BCUT2D eigenvalue weighted by molar-refractivity contribution is -0.119. The third-order valence-electron chi connectivity index (χ3n) is 1.86. The standard InChI is InChI=1S/C10H15NOS/c1-3-4-10(12)6-5-9-7-13-8(2)11-9/h7H,3-6H2,1-2H3. The number of carbonyl (C=O) groups is 1. The van der Waals surface area contributed by atoms with E-state index in [0.29, 0.717) is 18.6 Å². The van der Waals surface area contributed by atoms with Gasteiger partial charge in [0.05, 0.1) is 10.7 Å². The van der Waals surface area contributed by atoms with Crippen molar-refractivity contribution in [3.63, 3.8) is 0 Å². The van der Waals surface area contributed by atoms with Gasteiger partial charge in [0, 0.05) is 18.2 Å². The molecule has 72 valence electrons. The predicted molar refractivity (Wildman–Crippen MR) is 55.1 cm³/mol. The maximum absolute atomic E-state index is 11.2. The van der Waals surface area contributed by atoms with E-state index in [-0.39, 0.29) is 0 Å². The van der Waals surface area contributed by atoms with E-state index < -0.39 is 0 Å². The van der Waals surface area contributed by atoms with Crippen molar-refractivity contribution in [2.45, 2.75) is 39.5 Å². The Morgan fingerprint density at radius 3 is 2.85 bits per heavy atom. The Balaban J connectivity index is 2.30. The summed E-state index contributed by atoms with van der Waals surface area (Å²) in [5.74, 6) is 0.355. The van der Waals surface area contributed by atoms with Gasteiger partial charge in [-0.2, -0.15) is 0 Å². The first-order valence-corrected chi connectivity index (χ1v) is 5.53. The summed E-state index contributed by atoms with van der Waals surface area (Å²) in [6.45, 7) is 4.02. The summed E-state index contributed by atoms with van der Waals surface area (Å²) in [7, 11) is 0. The second-order valence-electron chi connectivity index (χ2n) is 3.15. The molecule has 3 heteroatoms. The van der Waals surface area contributed by atoms with Crippen molar-refractivity contribution < 1.29 is 4.79 Å². The number of nitrogens with zero attached hydrogens (tertiary/aromatic N) is 1. The first kappa shape index (κ1) is 10.4. The summed E-state index contributed by atoms with van der Waals surface area (Å²) in [5.41, 5.74) is 1.06. The van der Waals surface area contributed by atoms with Gasteiger partial charge in [0.25, 0.3) is 0 Å². The van der Waals surface area contributed by atoms with Crippen LogP contribution in [-0.2, 0) is 11.2 Å². The van der Waals surface area contributed by atoms with Crippen LogP contribution in [0.15, 0.2) is 5.38 Å². The molecule has 1 rings (SSSR count). The maximum Gasteiger partial charge on any atom is 0.133 e. The van der Waals surface area contributed by atoms with Gasteiger partial charge < -0.3 is 0 Å². The summed E-state index contributed by atoms with van der Waals surface area (Å²) >= 11 is 1.65. The molecular weight excluding hydrogens is 182 g/mol. The molecule has 1 heterocycles. The van der Waals surface area contributed by atoms with Gasteiger partial charge in [0.1, 0.15) is 5.78 Å². The first-order chi connectivity index (χ1) is 6.22. The molecule has 0 aliphatic rings. The average molecular weight is 197 g/mol. The maximum atomic E-state index is 11.2. The minimum Gasteiger partial charge on any atom is -0.300 e. The Hall–Kier alpha value is -0.700. The number of aryl methyl sites for hydroxylation is 2. The highest BCUT2D eigenvalue weighted by atomic mass is 32.1. The van der Waals surface area contributed by atoms with Crippen molar-refractivity contribution in [2.75, 3.05) is 0 Å². The van der Waals surface area contributed by atoms with Gasteiger partial charge in [-0.05, 0) is 19.8 Å². The Morgan fingerprint density at radius 2 is 2.31 bits per heavy atom. The SMILES string of the molecule is CCCC(=O)CCc1csc(C)n1. The van der Waals surface area contributed by atoms with E-state index in [0.717, 1.165) is 23.5 Å². The predicted octanol–water partition coefficient (Wildman–Crippen LogP) is 2.75. The summed E-state index contributed by atoms with van der Waals surface area (Å²) in [6, 6.07) is 0. The lowest BCUT2D eigenvalue weighted by Crippen LogP contribution is -1.99. The summed E-state index contributed by atoms with van der Waals surface area (Å²) in [6.07, 6.45) is 3.12. The smallest absolute Gasteiger partial charge is 0.133 e.